The number of anilines is 2. The Morgan fingerprint density at radius 3 is 2.61 bits per heavy atom. The number of benzene rings is 2. The largest absolute Gasteiger partial charge is 0.370 e. The second kappa shape index (κ2) is 9.83. The SMILES string of the molecule is C=C(Nc1cc(C#N)ccc1N1CCC(Cc2ccc(F)cc2F)CC1)c1ccc(C)cn1. The summed E-state index contributed by atoms with van der Waals surface area (Å²) in [5.74, 6) is -0.684. The fourth-order valence-corrected chi connectivity index (χ4v) is 4.23. The number of aromatic nitrogens is 1. The van der Waals surface area contributed by atoms with Gasteiger partial charge in [-0.3, -0.25) is 4.98 Å². The topological polar surface area (TPSA) is 52.0 Å². The average Bonchev–Trinajstić information content (AvgIpc) is 2.82. The van der Waals surface area contributed by atoms with Crippen molar-refractivity contribution in [2.45, 2.75) is 26.2 Å². The van der Waals surface area contributed by atoms with Crippen LogP contribution in [-0.2, 0) is 6.42 Å². The third kappa shape index (κ3) is 5.38. The van der Waals surface area contributed by atoms with Crippen molar-refractivity contribution >= 4 is 17.1 Å². The fourth-order valence-electron chi connectivity index (χ4n) is 4.23. The highest BCUT2D eigenvalue weighted by molar-refractivity contribution is 5.82. The van der Waals surface area contributed by atoms with Crippen molar-refractivity contribution in [3.8, 4) is 6.07 Å². The molecule has 0 bridgehead atoms. The van der Waals surface area contributed by atoms with Gasteiger partial charge in [-0.05, 0) is 73.6 Å². The first kappa shape index (κ1) is 22.5. The van der Waals surface area contributed by atoms with Crippen LogP contribution >= 0.6 is 0 Å². The summed E-state index contributed by atoms with van der Waals surface area (Å²) >= 11 is 0. The molecule has 0 atom stereocenters. The normalized spacial score (nSPS) is 14.1. The monoisotopic (exact) mass is 444 g/mol. The number of piperidine rings is 1. The van der Waals surface area contributed by atoms with Gasteiger partial charge in [-0.25, -0.2) is 8.78 Å². The molecule has 1 aromatic heterocycles. The number of hydrogen-bond acceptors (Lipinski definition) is 4. The molecule has 1 fully saturated rings. The van der Waals surface area contributed by atoms with Gasteiger partial charge < -0.3 is 10.2 Å². The molecule has 0 radical (unpaired) electrons. The van der Waals surface area contributed by atoms with E-state index in [9.17, 15) is 14.0 Å². The van der Waals surface area contributed by atoms with Crippen molar-refractivity contribution in [1.82, 2.24) is 4.98 Å². The van der Waals surface area contributed by atoms with Crippen molar-refractivity contribution in [2.24, 2.45) is 5.92 Å². The molecule has 0 spiro atoms. The van der Waals surface area contributed by atoms with E-state index < -0.39 is 11.6 Å². The Kier molecular flexibility index (Phi) is 6.69. The Morgan fingerprint density at radius 1 is 1.15 bits per heavy atom. The summed E-state index contributed by atoms with van der Waals surface area (Å²) in [7, 11) is 0. The smallest absolute Gasteiger partial charge is 0.129 e. The highest BCUT2D eigenvalue weighted by Gasteiger charge is 2.23. The molecule has 4 rings (SSSR count). The van der Waals surface area contributed by atoms with E-state index in [1.165, 1.54) is 6.07 Å². The molecule has 2 heterocycles. The van der Waals surface area contributed by atoms with Gasteiger partial charge in [0.25, 0.3) is 0 Å². The van der Waals surface area contributed by atoms with Crippen LogP contribution in [0.1, 0.15) is 35.2 Å². The zero-order valence-electron chi connectivity index (χ0n) is 18.6. The summed E-state index contributed by atoms with van der Waals surface area (Å²) in [5, 5.41) is 12.7. The van der Waals surface area contributed by atoms with Crippen LogP contribution in [0.2, 0.25) is 0 Å². The number of nitrogens with zero attached hydrogens (tertiary/aromatic N) is 3. The molecule has 0 saturated carbocycles. The van der Waals surface area contributed by atoms with Gasteiger partial charge in [0, 0.05) is 25.4 Å². The van der Waals surface area contributed by atoms with Gasteiger partial charge in [0.1, 0.15) is 11.6 Å². The molecule has 0 aliphatic carbocycles. The summed E-state index contributed by atoms with van der Waals surface area (Å²) in [5.41, 5.74) is 5.41. The quantitative estimate of drug-likeness (QED) is 0.500. The van der Waals surface area contributed by atoms with Crippen LogP contribution in [0.5, 0.6) is 0 Å². The average molecular weight is 445 g/mol. The summed E-state index contributed by atoms with van der Waals surface area (Å²) < 4.78 is 27.2. The molecule has 168 valence electrons. The van der Waals surface area contributed by atoms with E-state index in [4.69, 9.17) is 0 Å². The Morgan fingerprint density at radius 2 is 1.94 bits per heavy atom. The molecule has 0 amide bonds. The third-order valence-electron chi connectivity index (χ3n) is 6.11. The van der Waals surface area contributed by atoms with Crippen molar-refractivity contribution in [2.75, 3.05) is 23.3 Å². The number of rotatable bonds is 6. The van der Waals surface area contributed by atoms with Gasteiger partial charge in [-0.1, -0.05) is 18.7 Å². The van der Waals surface area contributed by atoms with Crippen molar-refractivity contribution in [1.29, 1.82) is 5.26 Å². The van der Waals surface area contributed by atoms with E-state index >= 15 is 0 Å². The zero-order chi connectivity index (χ0) is 23.4. The van der Waals surface area contributed by atoms with Gasteiger partial charge in [0.2, 0.25) is 0 Å². The highest BCUT2D eigenvalue weighted by atomic mass is 19.1. The van der Waals surface area contributed by atoms with Crippen molar-refractivity contribution in [3.63, 3.8) is 0 Å². The standard InChI is InChI=1S/C27H26F2N4/c1-18-3-7-25(31-17-18)19(2)32-26-14-21(16-30)4-8-27(26)33-11-9-20(10-12-33)13-22-5-6-23(28)15-24(22)29/h3-8,14-15,17,20,32H,2,9-13H2,1H3. The summed E-state index contributed by atoms with van der Waals surface area (Å²) in [6.45, 7) is 7.73. The first-order chi connectivity index (χ1) is 15.9. The summed E-state index contributed by atoms with van der Waals surface area (Å²) in [6, 6.07) is 15.5. The van der Waals surface area contributed by atoms with E-state index in [0.29, 0.717) is 29.2 Å². The minimum atomic E-state index is -0.547. The lowest BCUT2D eigenvalue weighted by Crippen LogP contribution is -2.34. The fraction of sp³-hybridized carbons (Fsp3) is 0.259. The zero-order valence-corrected chi connectivity index (χ0v) is 18.6. The molecule has 1 aliphatic heterocycles. The number of halogens is 2. The molecule has 2 aromatic carbocycles. The number of pyridine rings is 1. The second-order valence-electron chi connectivity index (χ2n) is 8.54. The lowest BCUT2D eigenvalue weighted by Gasteiger charge is -2.35. The van der Waals surface area contributed by atoms with Gasteiger partial charge in [0.05, 0.1) is 34.4 Å². The molecule has 1 saturated heterocycles. The lowest BCUT2D eigenvalue weighted by atomic mass is 9.89. The van der Waals surface area contributed by atoms with E-state index in [-0.39, 0.29) is 0 Å². The number of hydrogen-bond donors (Lipinski definition) is 1. The highest BCUT2D eigenvalue weighted by Crippen LogP contribution is 2.33. The van der Waals surface area contributed by atoms with Crippen LogP contribution in [0.25, 0.3) is 5.70 Å². The summed E-state index contributed by atoms with van der Waals surface area (Å²) in [6.07, 6.45) is 4.20. The van der Waals surface area contributed by atoms with Crippen LogP contribution in [0.3, 0.4) is 0 Å². The van der Waals surface area contributed by atoms with Gasteiger partial charge in [-0.2, -0.15) is 5.26 Å². The van der Waals surface area contributed by atoms with Crippen LogP contribution in [0.4, 0.5) is 20.2 Å². The summed E-state index contributed by atoms with van der Waals surface area (Å²) in [4.78, 5) is 6.70. The third-order valence-corrected chi connectivity index (χ3v) is 6.11. The van der Waals surface area contributed by atoms with E-state index in [1.807, 2.05) is 37.3 Å². The number of nitriles is 1. The first-order valence-electron chi connectivity index (χ1n) is 11.0. The van der Waals surface area contributed by atoms with Crippen LogP contribution in [-0.4, -0.2) is 18.1 Å². The first-order valence-corrected chi connectivity index (χ1v) is 11.0. The van der Waals surface area contributed by atoms with Crippen molar-refractivity contribution in [3.05, 3.63) is 95.3 Å². The number of aryl methyl sites for hydroxylation is 1. The van der Waals surface area contributed by atoms with Gasteiger partial charge in [0.15, 0.2) is 0 Å². The maximum absolute atomic E-state index is 14.1. The Hall–Kier alpha value is -3.72. The Bertz CT molecular complexity index is 1190. The molecule has 33 heavy (non-hydrogen) atoms. The van der Waals surface area contributed by atoms with E-state index in [0.717, 1.165) is 54.6 Å². The van der Waals surface area contributed by atoms with Crippen LogP contribution in [0.15, 0.2) is 61.3 Å². The number of nitrogens with one attached hydrogen (secondary N) is 1. The van der Waals surface area contributed by atoms with Crippen LogP contribution in [0, 0.1) is 35.8 Å². The molecule has 4 nitrogen and oxygen atoms in total. The van der Waals surface area contributed by atoms with Gasteiger partial charge >= 0.3 is 0 Å². The van der Waals surface area contributed by atoms with E-state index in [2.05, 4.69) is 27.8 Å². The maximum Gasteiger partial charge on any atom is 0.129 e. The molecular formula is C27H26F2N4. The van der Waals surface area contributed by atoms with Gasteiger partial charge in [-0.15, -0.1) is 0 Å². The maximum atomic E-state index is 14.1. The molecular weight excluding hydrogens is 418 g/mol. The molecule has 1 aliphatic rings. The Balaban J connectivity index is 1.47. The predicted molar refractivity (Wildman–Crippen MR) is 128 cm³/mol. The Labute approximate surface area is 193 Å². The molecule has 0 unspecified atom stereocenters. The predicted octanol–water partition coefficient (Wildman–Crippen LogP) is 6.08. The molecule has 3 aromatic rings. The molecule has 6 heteroatoms. The minimum Gasteiger partial charge on any atom is -0.370 e. The van der Waals surface area contributed by atoms with E-state index in [1.54, 1.807) is 12.3 Å². The second-order valence-corrected chi connectivity index (χ2v) is 8.54. The lowest BCUT2D eigenvalue weighted by molar-refractivity contribution is 0.397. The minimum absolute atomic E-state index is 0.336. The molecule has 1 N–H and O–H groups in total. The van der Waals surface area contributed by atoms with Crippen LogP contribution < -0.4 is 10.2 Å². The van der Waals surface area contributed by atoms with Crippen molar-refractivity contribution < 1.29 is 8.78 Å².